The number of rotatable bonds is 6. The van der Waals surface area contributed by atoms with E-state index < -0.39 is 11.9 Å². The van der Waals surface area contributed by atoms with E-state index in [4.69, 9.17) is 9.15 Å². The van der Waals surface area contributed by atoms with Crippen LogP contribution in [0.5, 0.6) is 0 Å². The molecule has 0 spiro atoms. The Morgan fingerprint density at radius 3 is 3.08 bits per heavy atom. The van der Waals surface area contributed by atoms with Gasteiger partial charge in [-0.15, -0.1) is 16.4 Å². The van der Waals surface area contributed by atoms with Gasteiger partial charge in [-0.2, -0.15) is 4.68 Å². The average molecular weight is 372 g/mol. The van der Waals surface area contributed by atoms with Crippen LogP contribution < -0.4 is 5.76 Å². The molecule has 7 heteroatoms. The lowest BCUT2D eigenvalue weighted by atomic mass is 9.89. The largest absolute Gasteiger partial charge is 0.437 e. The van der Waals surface area contributed by atoms with Crippen molar-refractivity contribution in [2.75, 3.05) is 6.61 Å². The lowest BCUT2D eigenvalue weighted by Crippen LogP contribution is -2.29. The average Bonchev–Trinajstić information content (AvgIpc) is 3.30. The molecule has 0 unspecified atom stereocenters. The lowest BCUT2D eigenvalue weighted by Gasteiger charge is -2.26. The molecular formula is C19H20N2O4S. The van der Waals surface area contributed by atoms with Gasteiger partial charge in [0.2, 0.25) is 0 Å². The zero-order chi connectivity index (χ0) is 17.9. The normalized spacial score (nSPS) is 17.8. The minimum atomic E-state index is -0.830. The summed E-state index contributed by atoms with van der Waals surface area (Å²) in [4.78, 5) is 12.7. The Kier molecular flexibility index (Phi) is 5.01. The van der Waals surface area contributed by atoms with Gasteiger partial charge in [-0.3, -0.25) is 0 Å². The number of benzene rings is 1. The Morgan fingerprint density at radius 2 is 2.23 bits per heavy atom. The van der Waals surface area contributed by atoms with Gasteiger partial charge in [0, 0.05) is 0 Å². The number of aliphatic hydroxyl groups excluding tert-OH is 1. The molecule has 1 N–H and O–H groups in total. The van der Waals surface area contributed by atoms with Crippen molar-refractivity contribution in [2.45, 2.75) is 38.0 Å². The summed E-state index contributed by atoms with van der Waals surface area (Å²) in [6.07, 6.45) is 2.24. The fraction of sp³-hybridized carbons (Fsp3) is 0.368. The van der Waals surface area contributed by atoms with Gasteiger partial charge in [0.15, 0.2) is 0 Å². The predicted octanol–water partition coefficient (Wildman–Crippen LogP) is 3.02. The van der Waals surface area contributed by atoms with Crippen molar-refractivity contribution in [3.05, 3.63) is 63.5 Å². The van der Waals surface area contributed by atoms with E-state index in [9.17, 15) is 9.90 Å². The summed E-state index contributed by atoms with van der Waals surface area (Å²) >= 11 is 1.44. The lowest BCUT2D eigenvalue weighted by molar-refractivity contribution is -0.0241. The van der Waals surface area contributed by atoms with Crippen molar-refractivity contribution in [3.8, 4) is 10.8 Å². The van der Waals surface area contributed by atoms with E-state index in [1.54, 1.807) is 0 Å². The van der Waals surface area contributed by atoms with Crippen LogP contribution in [0.2, 0.25) is 0 Å². The Bertz CT molecular complexity index is 916. The molecule has 0 amide bonds. The number of aryl methyl sites for hydroxylation is 1. The van der Waals surface area contributed by atoms with Crippen molar-refractivity contribution in [1.82, 2.24) is 9.78 Å². The molecule has 1 aromatic carbocycles. The number of hydrogen-bond acceptors (Lipinski definition) is 6. The van der Waals surface area contributed by atoms with Crippen LogP contribution in [0.25, 0.3) is 10.8 Å². The van der Waals surface area contributed by atoms with E-state index in [1.165, 1.54) is 22.5 Å². The van der Waals surface area contributed by atoms with E-state index >= 15 is 0 Å². The van der Waals surface area contributed by atoms with E-state index in [0.29, 0.717) is 0 Å². The van der Waals surface area contributed by atoms with Crippen LogP contribution in [0.15, 0.2) is 51.0 Å². The maximum Gasteiger partial charge on any atom is 0.437 e. The van der Waals surface area contributed by atoms with E-state index in [0.717, 1.165) is 28.8 Å². The molecule has 0 saturated carbocycles. The zero-order valence-electron chi connectivity index (χ0n) is 14.2. The monoisotopic (exact) mass is 372 g/mol. The molecule has 0 fully saturated rings. The summed E-state index contributed by atoms with van der Waals surface area (Å²) < 4.78 is 12.2. The maximum atomic E-state index is 11.9. The maximum absolute atomic E-state index is 11.9. The number of ether oxygens (including phenoxy) is 1. The van der Waals surface area contributed by atoms with Crippen LogP contribution in [0.4, 0.5) is 0 Å². The molecule has 0 radical (unpaired) electrons. The fourth-order valence-corrected chi connectivity index (χ4v) is 3.93. The summed E-state index contributed by atoms with van der Waals surface area (Å²) in [6, 6.07) is 12.0. The van der Waals surface area contributed by atoms with E-state index in [-0.39, 0.29) is 25.1 Å². The third kappa shape index (κ3) is 3.65. The SMILES string of the molecule is O=c1oc(-c2cccs2)nn1C[C@@H](O)CO[C@@H]1CCCc2ccccc21. The highest BCUT2D eigenvalue weighted by Gasteiger charge is 2.22. The second kappa shape index (κ2) is 7.57. The molecular weight excluding hydrogens is 352 g/mol. The van der Waals surface area contributed by atoms with Gasteiger partial charge in [-0.25, -0.2) is 4.79 Å². The van der Waals surface area contributed by atoms with Gasteiger partial charge in [0.05, 0.1) is 30.2 Å². The third-order valence-electron chi connectivity index (χ3n) is 4.53. The van der Waals surface area contributed by atoms with Gasteiger partial charge >= 0.3 is 5.76 Å². The van der Waals surface area contributed by atoms with Crippen molar-refractivity contribution >= 4 is 11.3 Å². The number of thiophene rings is 1. The second-order valence-electron chi connectivity index (χ2n) is 6.40. The molecule has 1 aliphatic carbocycles. The van der Waals surface area contributed by atoms with Crippen molar-refractivity contribution in [1.29, 1.82) is 0 Å². The molecule has 1 aliphatic rings. The first kappa shape index (κ1) is 17.2. The second-order valence-corrected chi connectivity index (χ2v) is 7.35. The fourth-order valence-electron chi connectivity index (χ4n) is 3.28. The van der Waals surface area contributed by atoms with Crippen LogP contribution in [0.3, 0.4) is 0 Å². The van der Waals surface area contributed by atoms with Crippen LogP contribution in [-0.2, 0) is 17.7 Å². The highest BCUT2D eigenvalue weighted by molar-refractivity contribution is 7.13. The number of aliphatic hydroxyl groups is 1. The minimum absolute atomic E-state index is 0.00897. The highest BCUT2D eigenvalue weighted by Crippen LogP contribution is 2.32. The number of fused-ring (bicyclic) bond motifs is 1. The van der Waals surface area contributed by atoms with Crippen molar-refractivity contribution in [3.63, 3.8) is 0 Å². The number of nitrogens with zero attached hydrogens (tertiary/aromatic N) is 2. The van der Waals surface area contributed by atoms with Gasteiger partial charge < -0.3 is 14.3 Å². The molecule has 0 bridgehead atoms. The number of hydrogen-bond donors (Lipinski definition) is 1. The summed E-state index contributed by atoms with van der Waals surface area (Å²) in [7, 11) is 0. The molecule has 3 aromatic rings. The molecule has 2 aromatic heterocycles. The quantitative estimate of drug-likeness (QED) is 0.720. The molecule has 0 saturated heterocycles. The summed E-state index contributed by atoms with van der Waals surface area (Å²) in [6.45, 7) is 0.189. The van der Waals surface area contributed by atoms with Gasteiger partial charge in [-0.05, 0) is 41.8 Å². The first-order valence-corrected chi connectivity index (χ1v) is 9.58. The van der Waals surface area contributed by atoms with Crippen LogP contribution in [0, 0.1) is 0 Å². The topological polar surface area (TPSA) is 77.5 Å². The molecule has 2 heterocycles. The molecule has 136 valence electrons. The Hall–Kier alpha value is -2.22. The van der Waals surface area contributed by atoms with Crippen LogP contribution in [-0.4, -0.2) is 27.6 Å². The minimum Gasteiger partial charge on any atom is -0.389 e. The molecule has 4 rings (SSSR count). The molecule has 6 nitrogen and oxygen atoms in total. The van der Waals surface area contributed by atoms with E-state index in [2.05, 4.69) is 17.2 Å². The molecule has 0 aliphatic heterocycles. The van der Waals surface area contributed by atoms with Gasteiger partial charge in [-0.1, -0.05) is 30.3 Å². The number of aromatic nitrogens is 2. The molecule has 2 atom stereocenters. The molecule has 26 heavy (non-hydrogen) atoms. The first-order valence-electron chi connectivity index (χ1n) is 8.70. The van der Waals surface area contributed by atoms with Crippen molar-refractivity contribution in [2.24, 2.45) is 0 Å². The standard InChI is InChI=1S/C19H20N2O4S/c22-14(11-21-19(23)25-18(20-21)17-9-4-10-26-17)12-24-16-8-3-6-13-5-1-2-7-15(13)16/h1-2,4-5,7,9-10,14,16,22H,3,6,8,11-12H2/t14-,16-/m1/s1. The van der Waals surface area contributed by atoms with Crippen molar-refractivity contribution < 1.29 is 14.3 Å². The smallest absolute Gasteiger partial charge is 0.389 e. The van der Waals surface area contributed by atoms with Gasteiger partial charge in [0.25, 0.3) is 5.89 Å². The van der Waals surface area contributed by atoms with Crippen LogP contribution >= 0.6 is 11.3 Å². The summed E-state index contributed by atoms with van der Waals surface area (Å²) in [5.41, 5.74) is 2.51. The Morgan fingerprint density at radius 1 is 1.35 bits per heavy atom. The summed E-state index contributed by atoms with van der Waals surface area (Å²) in [5, 5.41) is 16.3. The Labute approximate surface area is 154 Å². The zero-order valence-corrected chi connectivity index (χ0v) is 15.0. The summed E-state index contributed by atoms with van der Waals surface area (Å²) in [5.74, 6) is -0.296. The highest BCUT2D eigenvalue weighted by atomic mass is 32.1. The third-order valence-corrected chi connectivity index (χ3v) is 5.38. The van der Waals surface area contributed by atoms with E-state index in [1.807, 2.05) is 29.6 Å². The first-order chi connectivity index (χ1) is 12.7. The Balaban J connectivity index is 1.38. The predicted molar refractivity (Wildman–Crippen MR) is 98.2 cm³/mol. The van der Waals surface area contributed by atoms with Gasteiger partial charge in [0.1, 0.15) is 0 Å². The van der Waals surface area contributed by atoms with Crippen LogP contribution in [0.1, 0.15) is 30.1 Å².